The summed E-state index contributed by atoms with van der Waals surface area (Å²) in [6.45, 7) is 2.65. The maximum absolute atomic E-state index is 11.5. The fraction of sp³-hybridized carbons (Fsp3) is 1.00. The lowest BCUT2D eigenvalue weighted by Crippen LogP contribution is -2.38. The Labute approximate surface area is 141 Å². The molecule has 2 aliphatic heterocycles. The molecule has 2 fully saturated rings. The zero-order valence-electron chi connectivity index (χ0n) is 14.3. The molecule has 6 nitrogen and oxygen atoms in total. The Morgan fingerprint density at radius 2 is 1.00 bits per heavy atom. The molecular weight excluding hydrogens is 336 g/mol. The molecule has 2 saturated heterocycles. The molecule has 0 aliphatic carbocycles. The number of piperidine rings is 2. The van der Waals surface area contributed by atoms with Gasteiger partial charge in [-0.15, -0.1) is 0 Å². The van der Waals surface area contributed by atoms with E-state index in [0.717, 1.165) is 25.7 Å². The predicted molar refractivity (Wildman–Crippen MR) is 92.1 cm³/mol. The maximum atomic E-state index is 11.5. The van der Waals surface area contributed by atoms with Crippen LogP contribution in [0.5, 0.6) is 0 Å². The molecule has 136 valence electrons. The van der Waals surface area contributed by atoms with Crippen LogP contribution in [0.25, 0.3) is 0 Å². The van der Waals surface area contributed by atoms with Gasteiger partial charge in [-0.1, -0.05) is 19.3 Å². The van der Waals surface area contributed by atoms with E-state index < -0.39 is 20.0 Å². The zero-order valence-corrected chi connectivity index (χ0v) is 15.9. The highest BCUT2D eigenvalue weighted by molar-refractivity contribution is 7.88. The molecule has 0 aromatic heterocycles. The van der Waals surface area contributed by atoms with Crippen molar-refractivity contribution >= 4 is 20.0 Å². The van der Waals surface area contributed by atoms with Crippen LogP contribution in [-0.2, 0) is 20.0 Å². The number of hydrogen-bond acceptors (Lipinski definition) is 4. The molecule has 0 N–H and O–H groups in total. The lowest BCUT2D eigenvalue weighted by atomic mass is 9.87. The average Bonchev–Trinajstić information content (AvgIpc) is 2.46. The van der Waals surface area contributed by atoms with Crippen LogP contribution in [0.15, 0.2) is 0 Å². The Hall–Kier alpha value is -0.180. The topological polar surface area (TPSA) is 74.8 Å². The predicted octanol–water partition coefficient (Wildman–Crippen LogP) is 1.50. The molecule has 2 heterocycles. The highest BCUT2D eigenvalue weighted by atomic mass is 32.2. The molecule has 0 spiro atoms. The number of nitrogens with zero attached hydrogens (tertiary/aromatic N) is 2. The van der Waals surface area contributed by atoms with E-state index in [9.17, 15) is 16.8 Å². The summed E-state index contributed by atoms with van der Waals surface area (Å²) in [5.41, 5.74) is 0. The second kappa shape index (κ2) is 7.80. The SMILES string of the molecule is CS(=O)(=O)N1CCC(CCCC2CCN(S(C)(=O)=O)CC2)CC1. The van der Waals surface area contributed by atoms with Crippen molar-refractivity contribution in [1.82, 2.24) is 8.61 Å². The standard InChI is InChI=1S/C15H30N2O4S2/c1-22(18,19)16-10-6-14(7-11-16)4-3-5-15-8-12-17(13-9-15)23(2,20)21/h14-15H,3-13H2,1-2H3. The van der Waals surface area contributed by atoms with E-state index in [-0.39, 0.29) is 0 Å². The van der Waals surface area contributed by atoms with E-state index in [0.29, 0.717) is 38.0 Å². The van der Waals surface area contributed by atoms with Gasteiger partial charge in [-0.2, -0.15) is 0 Å². The van der Waals surface area contributed by atoms with Gasteiger partial charge in [0.05, 0.1) is 12.5 Å². The summed E-state index contributed by atoms with van der Waals surface area (Å²) >= 11 is 0. The van der Waals surface area contributed by atoms with Gasteiger partial charge in [0.15, 0.2) is 0 Å². The third-order valence-electron chi connectivity index (χ3n) is 5.31. The van der Waals surface area contributed by atoms with Crippen molar-refractivity contribution in [3.63, 3.8) is 0 Å². The van der Waals surface area contributed by atoms with Gasteiger partial charge in [-0.25, -0.2) is 25.4 Å². The summed E-state index contributed by atoms with van der Waals surface area (Å²) < 4.78 is 49.1. The van der Waals surface area contributed by atoms with Crippen molar-refractivity contribution in [1.29, 1.82) is 0 Å². The van der Waals surface area contributed by atoms with Crippen LogP contribution >= 0.6 is 0 Å². The van der Waals surface area contributed by atoms with Gasteiger partial charge in [-0.05, 0) is 37.5 Å². The molecule has 2 aliphatic rings. The largest absolute Gasteiger partial charge is 0.213 e. The summed E-state index contributed by atoms with van der Waals surface area (Å²) in [7, 11) is -6.05. The molecule has 0 amide bonds. The Kier molecular flexibility index (Phi) is 6.49. The van der Waals surface area contributed by atoms with Crippen LogP contribution in [0, 0.1) is 11.8 Å². The van der Waals surface area contributed by atoms with E-state index in [2.05, 4.69) is 0 Å². The molecule has 8 heteroatoms. The Bertz CT molecular complexity index is 521. The van der Waals surface area contributed by atoms with Crippen LogP contribution in [0.3, 0.4) is 0 Å². The summed E-state index contributed by atoms with van der Waals surface area (Å²) in [5.74, 6) is 1.29. The molecule has 0 aromatic rings. The third-order valence-corrected chi connectivity index (χ3v) is 7.92. The van der Waals surface area contributed by atoms with Crippen LogP contribution in [-0.4, -0.2) is 64.1 Å². The van der Waals surface area contributed by atoms with E-state index in [4.69, 9.17) is 0 Å². The van der Waals surface area contributed by atoms with Gasteiger partial charge in [0, 0.05) is 26.2 Å². The summed E-state index contributed by atoms with van der Waals surface area (Å²) in [5, 5.41) is 0. The Morgan fingerprint density at radius 1 is 0.696 bits per heavy atom. The summed E-state index contributed by atoms with van der Waals surface area (Å²) in [4.78, 5) is 0. The molecule has 0 radical (unpaired) electrons. The lowest BCUT2D eigenvalue weighted by molar-refractivity contribution is 0.235. The second-order valence-corrected chi connectivity index (χ2v) is 11.1. The van der Waals surface area contributed by atoms with Crippen LogP contribution in [0.4, 0.5) is 0 Å². The number of sulfonamides is 2. The summed E-state index contributed by atoms with van der Waals surface area (Å²) in [6, 6.07) is 0. The fourth-order valence-corrected chi connectivity index (χ4v) is 5.50. The minimum absolute atomic E-state index is 0.643. The van der Waals surface area contributed by atoms with Crippen LogP contribution in [0.1, 0.15) is 44.9 Å². The van der Waals surface area contributed by atoms with E-state index >= 15 is 0 Å². The Balaban J connectivity index is 1.62. The molecule has 23 heavy (non-hydrogen) atoms. The molecule has 0 aromatic carbocycles. The first-order valence-corrected chi connectivity index (χ1v) is 12.3. The van der Waals surface area contributed by atoms with Crippen molar-refractivity contribution in [3.05, 3.63) is 0 Å². The first kappa shape index (κ1) is 19.1. The van der Waals surface area contributed by atoms with Crippen molar-refractivity contribution in [2.45, 2.75) is 44.9 Å². The number of rotatable bonds is 6. The zero-order chi connectivity index (χ0) is 17.1. The number of hydrogen-bond donors (Lipinski definition) is 0. The van der Waals surface area contributed by atoms with Crippen LogP contribution in [0.2, 0.25) is 0 Å². The fourth-order valence-electron chi connectivity index (χ4n) is 3.75. The van der Waals surface area contributed by atoms with Gasteiger partial charge in [0.1, 0.15) is 0 Å². The van der Waals surface area contributed by atoms with E-state index in [1.54, 1.807) is 8.61 Å². The van der Waals surface area contributed by atoms with E-state index in [1.165, 1.54) is 31.8 Å². The molecular formula is C15H30N2O4S2. The highest BCUT2D eigenvalue weighted by Crippen LogP contribution is 2.28. The Morgan fingerprint density at radius 3 is 1.26 bits per heavy atom. The first-order chi connectivity index (χ1) is 10.7. The minimum Gasteiger partial charge on any atom is -0.213 e. The third kappa shape index (κ3) is 5.99. The van der Waals surface area contributed by atoms with Gasteiger partial charge in [0.2, 0.25) is 20.0 Å². The molecule has 0 saturated carbocycles. The van der Waals surface area contributed by atoms with Crippen molar-refractivity contribution < 1.29 is 16.8 Å². The van der Waals surface area contributed by atoms with E-state index in [1.807, 2.05) is 0 Å². The minimum atomic E-state index is -3.02. The van der Waals surface area contributed by atoms with Gasteiger partial charge < -0.3 is 0 Å². The van der Waals surface area contributed by atoms with Gasteiger partial charge in [0.25, 0.3) is 0 Å². The first-order valence-electron chi connectivity index (χ1n) is 8.56. The molecule has 0 bridgehead atoms. The van der Waals surface area contributed by atoms with Gasteiger partial charge in [-0.3, -0.25) is 0 Å². The van der Waals surface area contributed by atoms with Crippen molar-refractivity contribution in [3.8, 4) is 0 Å². The monoisotopic (exact) mass is 366 g/mol. The smallest absolute Gasteiger partial charge is 0.211 e. The highest BCUT2D eigenvalue weighted by Gasteiger charge is 2.26. The maximum Gasteiger partial charge on any atom is 0.211 e. The molecule has 0 unspecified atom stereocenters. The summed E-state index contributed by atoms with van der Waals surface area (Å²) in [6.07, 6.45) is 9.98. The molecule has 2 rings (SSSR count). The van der Waals surface area contributed by atoms with Crippen LogP contribution < -0.4 is 0 Å². The van der Waals surface area contributed by atoms with Gasteiger partial charge >= 0.3 is 0 Å². The quantitative estimate of drug-likeness (QED) is 0.714. The second-order valence-electron chi connectivity index (χ2n) is 7.14. The van der Waals surface area contributed by atoms with Crippen molar-refractivity contribution in [2.24, 2.45) is 11.8 Å². The lowest BCUT2D eigenvalue weighted by Gasteiger charge is -2.32. The van der Waals surface area contributed by atoms with Crippen molar-refractivity contribution in [2.75, 3.05) is 38.7 Å². The normalized spacial score (nSPS) is 24.1. The average molecular weight is 367 g/mol. The molecule has 0 atom stereocenters.